The minimum Gasteiger partial charge on any atom is -0.504 e. The number of likely N-dealkylation sites (tertiary alicyclic amines) is 2. The SMILES string of the molecule is Cc1ncnc(C(=O)N2CCC3(CC2)O[C@H](C)c2c3c(=O)n3nc(-c4ccc(CN5CCC5)cc4F)nc3n2CC(=O)Nc2ccc(C(F)(F)F)cc2Cl)c1O. The molecule has 3 aliphatic heterocycles. The van der Waals surface area contributed by atoms with E-state index in [1.54, 1.807) is 19.9 Å². The first kappa shape index (κ1) is 37.5. The molecule has 292 valence electrons. The van der Waals surface area contributed by atoms with Crippen LogP contribution in [0.3, 0.4) is 0 Å². The van der Waals surface area contributed by atoms with Crippen molar-refractivity contribution in [2.75, 3.05) is 31.5 Å². The Morgan fingerprint density at radius 3 is 2.50 bits per heavy atom. The highest BCUT2D eigenvalue weighted by molar-refractivity contribution is 6.33. The Morgan fingerprint density at radius 2 is 1.84 bits per heavy atom. The van der Waals surface area contributed by atoms with Gasteiger partial charge in [0.05, 0.1) is 44.9 Å². The van der Waals surface area contributed by atoms with Gasteiger partial charge < -0.3 is 24.6 Å². The second-order valence-corrected chi connectivity index (χ2v) is 14.6. The average molecular weight is 796 g/mol. The van der Waals surface area contributed by atoms with Crippen molar-refractivity contribution in [3.05, 3.63) is 97.7 Å². The van der Waals surface area contributed by atoms with Crippen LogP contribution in [0.5, 0.6) is 5.75 Å². The first-order valence-corrected chi connectivity index (χ1v) is 18.2. The van der Waals surface area contributed by atoms with E-state index in [1.807, 2.05) is 0 Å². The predicted octanol–water partition coefficient (Wildman–Crippen LogP) is 5.24. The van der Waals surface area contributed by atoms with Crippen LogP contribution in [0.4, 0.5) is 23.2 Å². The van der Waals surface area contributed by atoms with Crippen molar-refractivity contribution < 1.29 is 37.0 Å². The Bertz CT molecular complexity index is 2480. The lowest BCUT2D eigenvalue weighted by atomic mass is 9.85. The normalized spacial score (nSPS) is 18.0. The number of carbonyl (C=O) groups excluding carboxylic acids is 2. The van der Waals surface area contributed by atoms with E-state index >= 15 is 4.39 Å². The summed E-state index contributed by atoms with van der Waals surface area (Å²) in [6.07, 6.45) is -2.90. The minimum atomic E-state index is -4.65. The second kappa shape index (κ2) is 13.9. The summed E-state index contributed by atoms with van der Waals surface area (Å²) < 4.78 is 64.5. The molecular formula is C37H34ClF4N9O5. The van der Waals surface area contributed by atoms with Crippen molar-refractivity contribution in [3.63, 3.8) is 0 Å². The Morgan fingerprint density at radius 1 is 1.09 bits per heavy atom. The molecule has 0 unspecified atom stereocenters. The van der Waals surface area contributed by atoms with Gasteiger partial charge in [0, 0.05) is 19.6 Å². The van der Waals surface area contributed by atoms with E-state index in [9.17, 15) is 32.7 Å². The highest BCUT2D eigenvalue weighted by atomic mass is 35.5. The molecule has 0 aliphatic carbocycles. The number of hydrogen-bond donors (Lipinski definition) is 2. The van der Waals surface area contributed by atoms with E-state index in [1.165, 1.54) is 27.9 Å². The third-order valence-corrected chi connectivity index (χ3v) is 10.9. The first-order valence-electron chi connectivity index (χ1n) is 17.8. The summed E-state index contributed by atoms with van der Waals surface area (Å²) in [7, 11) is 0. The summed E-state index contributed by atoms with van der Waals surface area (Å²) in [5.74, 6) is -2.40. The summed E-state index contributed by atoms with van der Waals surface area (Å²) in [5.41, 5.74) is -1.59. The number of anilines is 1. The number of carbonyl (C=O) groups is 2. The van der Waals surface area contributed by atoms with Crippen molar-refractivity contribution in [2.45, 2.75) is 64.1 Å². The standard InChI is InChI=1S/C37H34ClF4N9O5/c1-19-31(53)29(44-18-43-19)34(55)49-12-8-36(9-13-49)28-30(20(2)56-36)50(17-27(52)45-26-7-5-22(15-24(26)38)37(40,41)42)35-46-32(47-51(35)33(28)54)23-6-4-21(14-25(23)39)16-48-10-3-11-48/h4-7,14-15,18,20,53H,3,8-13,16-17H2,1-2H3,(H,45,52)/t20-/m1/s1. The zero-order chi connectivity index (χ0) is 39.7. The first-order chi connectivity index (χ1) is 26.6. The molecule has 3 aromatic heterocycles. The highest BCUT2D eigenvalue weighted by Crippen LogP contribution is 2.48. The van der Waals surface area contributed by atoms with E-state index in [2.05, 4.69) is 30.3 Å². The van der Waals surface area contributed by atoms with E-state index < -0.39 is 53.2 Å². The van der Waals surface area contributed by atoms with Gasteiger partial charge in [-0.1, -0.05) is 17.7 Å². The number of fused-ring (bicyclic) bond motifs is 3. The molecule has 14 nitrogen and oxygen atoms in total. The molecule has 2 amide bonds. The molecule has 2 N–H and O–H groups in total. The van der Waals surface area contributed by atoms with Gasteiger partial charge >= 0.3 is 6.18 Å². The number of halogens is 5. The number of rotatable bonds is 7. The number of aromatic nitrogens is 6. The number of aryl methyl sites for hydroxylation is 1. The Kier molecular flexibility index (Phi) is 9.32. The van der Waals surface area contributed by atoms with E-state index in [0.717, 1.165) is 41.7 Å². The largest absolute Gasteiger partial charge is 0.504 e. The lowest BCUT2D eigenvalue weighted by Crippen LogP contribution is -2.47. The fourth-order valence-electron chi connectivity index (χ4n) is 7.62. The number of amides is 2. The zero-order valence-electron chi connectivity index (χ0n) is 30.0. The van der Waals surface area contributed by atoms with E-state index in [0.29, 0.717) is 18.3 Å². The van der Waals surface area contributed by atoms with Crippen LogP contribution in [0.1, 0.15) is 70.9 Å². The number of nitrogens with zero attached hydrogens (tertiary/aromatic N) is 8. The summed E-state index contributed by atoms with van der Waals surface area (Å²) in [6, 6.07) is 7.22. The molecule has 1 atom stereocenters. The molecule has 0 radical (unpaired) electrons. The van der Waals surface area contributed by atoms with Crippen molar-refractivity contribution in [2.24, 2.45) is 0 Å². The Balaban J connectivity index is 1.18. The fraction of sp³-hybridized carbons (Fsp3) is 0.378. The Hall–Kier alpha value is -5.46. The topological polar surface area (TPSA) is 160 Å². The van der Waals surface area contributed by atoms with Crippen LogP contribution < -0.4 is 10.9 Å². The van der Waals surface area contributed by atoms with Crippen LogP contribution >= 0.6 is 11.6 Å². The van der Waals surface area contributed by atoms with Crippen molar-refractivity contribution >= 4 is 34.9 Å². The smallest absolute Gasteiger partial charge is 0.416 e. The summed E-state index contributed by atoms with van der Waals surface area (Å²) in [5, 5.41) is 17.1. The monoisotopic (exact) mass is 795 g/mol. The number of benzene rings is 2. The second-order valence-electron chi connectivity index (χ2n) is 14.2. The fourth-order valence-corrected chi connectivity index (χ4v) is 7.85. The van der Waals surface area contributed by atoms with Gasteiger partial charge in [0.15, 0.2) is 17.3 Å². The Labute approximate surface area is 320 Å². The van der Waals surface area contributed by atoms with Gasteiger partial charge in [-0.2, -0.15) is 22.7 Å². The summed E-state index contributed by atoms with van der Waals surface area (Å²) >= 11 is 6.14. The molecule has 5 aromatic rings. The highest BCUT2D eigenvalue weighted by Gasteiger charge is 2.51. The number of aromatic hydroxyl groups is 1. The molecular weight excluding hydrogens is 762 g/mol. The van der Waals surface area contributed by atoms with Gasteiger partial charge in [-0.05, 0) is 82.1 Å². The number of hydrogen-bond acceptors (Lipinski definition) is 10. The maximum Gasteiger partial charge on any atom is 0.416 e. The zero-order valence-corrected chi connectivity index (χ0v) is 30.8. The molecule has 2 saturated heterocycles. The van der Waals surface area contributed by atoms with E-state index in [-0.39, 0.29) is 76.5 Å². The van der Waals surface area contributed by atoms with Crippen LogP contribution in [0.2, 0.25) is 5.02 Å². The number of ether oxygens (including phenoxy) is 1. The maximum atomic E-state index is 15.7. The molecule has 56 heavy (non-hydrogen) atoms. The molecule has 8 rings (SSSR count). The summed E-state index contributed by atoms with van der Waals surface area (Å²) in [6.45, 7) is 5.37. The van der Waals surface area contributed by atoms with Gasteiger partial charge in [0.25, 0.3) is 11.5 Å². The third-order valence-electron chi connectivity index (χ3n) is 10.6. The predicted molar refractivity (Wildman–Crippen MR) is 192 cm³/mol. The third kappa shape index (κ3) is 6.54. The molecule has 19 heteroatoms. The van der Waals surface area contributed by atoms with Gasteiger partial charge in [-0.25, -0.2) is 14.4 Å². The van der Waals surface area contributed by atoms with Crippen LogP contribution in [-0.2, 0) is 34.4 Å². The van der Waals surface area contributed by atoms with E-state index in [4.69, 9.17) is 16.3 Å². The molecule has 6 heterocycles. The molecule has 2 aromatic carbocycles. The molecule has 0 bridgehead atoms. The van der Waals surface area contributed by atoms with Gasteiger partial charge in [0.2, 0.25) is 11.7 Å². The maximum absolute atomic E-state index is 15.7. The van der Waals surface area contributed by atoms with Crippen LogP contribution in [-0.4, -0.2) is 82.0 Å². The van der Waals surface area contributed by atoms with Gasteiger partial charge in [0.1, 0.15) is 24.3 Å². The van der Waals surface area contributed by atoms with Crippen molar-refractivity contribution in [1.82, 2.24) is 38.9 Å². The number of nitrogens with one attached hydrogen (secondary N) is 1. The van der Waals surface area contributed by atoms with Crippen molar-refractivity contribution in [3.8, 4) is 17.1 Å². The van der Waals surface area contributed by atoms with Crippen LogP contribution in [0.25, 0.3) is 17.2 Å². The molecule has 1 spiro atoms. The van der Waals surface area contributed by atoms with Crippen molar-refractivity contribution in [1.29, 1.82) is 0 Å². The van der Waals surface area contributed by atoms with Gasteiger partial charge in [-0.15, -0.1) is 5.10 Å². The molecule has 2 fully saturated rings. The minimum absolute atomic E-state index is 0.0298. The number of piperidine rings is 1. The van der Waals surface area contributed by atoms with Gasteiger partial charge in [-0.3, -0.25) is 19.3 Å². The molecule has 0 saturated carbocycles. The molecule has 3 aliphatic rings. The number of alkyl halides is 3. The lowest BCUT2D eigenvalue weighted by Gasteiger charge is -2.39. The lowest BCUT2D eigenvalue weighted by molar-refractivity contribution is -0.137. The quantitative estimate of drug-likeness (QED) is 0.209. The van der Waals surface area contributed by atoms with Crippen LogP contribution in [0.15, 0.2) is 47.5 Å². The average Bonchev–Trinajstić information content (AvgIpc) is 3.70. The van der Waals surface area contributed by atoms with Crippen LogP contribution in [0, 0.1) is 12.7 Å². The summed E-state index contributed by atoms with van der Waals surface area (Å²) in [4.78, 5) is 57.7.